The van der Waals surface area contributed by atoms with Crippen LogP contribution in [0.5, 0.6) is 0 Å². The second-order valence-electron chi connectivity index (χ2n) is 4.05. The SMILES string of the molecule is O=C(O)C(Nc1ccc(Br)cc1)c1cn(CCO)nn1. The molecule has 20 heavy (non-hydrogen) atoms. The van der Waals surface area contributed by atoms with Crippen LogP contribution >= 0.6 is 15.9 Å². The van der Waals surface area contributed by atoms with Gasteiger partial charge in [-0.05, 0) is 24.3 Å². The molecule has 0 fully saturated rings. The molecule has 7 nitrogen and oxygen atoms in total. The van der Waals surface area contributed by atoms with Gasteiger partial charge in [-0.1, -0.05) is 21.1 Å². The van der Waals surface area contributed by atoms with Crippen LogP contribution in [0.15, 0.2) is 34.9 Å². The Kier molecular flexibility index (Phi) is 4.70. The first kappa shape index (κ1) is 14.5. The van der Waals surface area contributed by atoms with Gasteiger partial charge in [-0.25, -0.2) is 9.48 Å². The minimum atomic E-state index is -1.05. The van der Waals surface area contributed by atoms with E-state index in [4.69, 9.17) is 5.11 Å². The van der Waals surface area contributed by atoms with Crippen molar-refractivity contribution in [2.24, 2.45) is 0 Å². The molecule has 0 radical (unpaired) electrons. The number of hydrogen-bond donors (Lipinski definition) is 3. The van der Waals surface area contributed by atoms with E-state index in [0.717, 1.165) is 4.47 Å². The van der Waals surface area contributed by atoms with E-state index in [-0.39, 0.29) is 18.8 Å². The normalized spacial score (nSPS) is 12.1. The molecule has 2 rings (SSSR count). The van der Waals surface area contributed by atoms with E-state index in [9.17, 15) is 9.90 Å². The molecule has 1 aromatic carbocycles. The van der Waals surface area contributed by atoms with Crippen LogP contribution in [0.3, 0.4) is 0 Å². The van der Waals surface area contributed by atoms with Crippen molar-refractivity contribution in [1.29, 1.82) is 0 Å². The largest absolute Gasteiger partial charge is 0.479 e. The number of aliphatic carboxylic acids is 1. The molecule has 1 heterocycles. The van der Waals surface area contributed by atoms with Crippen LogP contribution in [0.4, 0.5) is 5.69 Å². The molecule has 0 saturated heterocycles. The smallest absolute Gasteiger partial charge is 0.332 e. The Morgan fingerprint density at radius 2 is 2.10 bits per heavy atom. The van der Waals surface area contributed by atoms with Crippen molar-refractivity contribution >= 4 is 27.6 Å². The Morgan fingerprint density at radius 1 is 1.40 bits per heavy atom. The van der Waals surface area contributed by atoms with Gasteiger partial charge in [-0.15, -0.1) is 5.10 Å². The number of carbonyl (C=O) groups is 1. The summed E-state index contributed by atoms with van der Waals surface area (Å²) in [5, 5.41) is 28.6. The average molecular weight is 341 g/mol. The summed E-state index contributed by atoms with van der Waals surface area (Å²) in [6.07, 6.45) is 1.50. The van der Waals surface area contributed by atoms with Crippen LogP contribution in [0.2, 0.25) is 0 Å². The van der Waals surface area contributed by atoms with E-state index in [2.05, 4.69) is 31.6 Å². The Hall–Kier alpha value is -1.93. The monoisotopic (exact) mass is 340 g/mol. The molecule has 0 spiro atoms. The number of nitrogens with zero attached hydrogens (tertiary/aromatic N) is 3. The van der Waals surface area contributed by atoms with E-state index in [1.165, 1.54) is 10.9 Å². The van der Waals surface area contributed by atoms with E-state index in [0.29, 0.717) is 5.69 Å². The number of benzene rings is 1. The highest BCUT2D eigenvalue weighted by Crippen LogP contribution is 2.20. The Labute approximate surface area is 123 Å². The van der Waals surface area contributed by atoms with Crippen LogP contribution in [-0.2, 0) is 11.3 Å². The predicted molar refractivity (Wildman–Crippen MR) is 75.2 cm³/mol. The second kappa shape index (κ2) is 6.49. The van der Waals surface area contributed by atoms with Gasteiger partial charge in [-0.3, -0.25) is 0 Å². The number of carboxylic acid groups (broad SMARTS) is 1. The summed E-state index contributed by atoms with van der Waals surface area (Å²) < 4.78 is 2.30. The van der Waals surface area contributed by atoms with Crippen molar-refractivity contribution in [3.05, 3.63) is 40.6 Å². The third-order valence-electron chi connectivity index (χ3n) is 2.58. The van der Waals surface area contributed by atoms with E-state index in [1.807, 2.05) is 12.1 Å². The van der Waals surface area contributed by atoms with Gasteiger partial charge in [0.05, 0.1) is 19.3 Å². The van der Waals surface area contributed by atoms with Gasteiger partial charge in [0.25, 0.3) is 0 Å². The Bertz CT molecular complexity index is 585. The van der Waals surface area contributed by atoms with Crippen LogP contribution < -0.4 is 5.32 Å². The molecular formula is C12H13BrN4O3. The molecule has 0 aliphatic rings. The number of carboxylic acids is 1. The van der Waals surface area contributed by atoms with Gasteiger partial charge in [0.15, 0.2) is 6.04 Å². The Balaban J connectivity index is 2.17. The molecule has 0 saturated carbocycles. The minimum Gasteiger partial charge on any atom is -0.479 e. The number of aliphatic hydroxyl groups excluding tert-OH is 1. The molecule has 106 valence electrons. The van der Waals surface area contributed by atoms with E-state index < -0.39 is 12.0 Å². The maximum Gasteiger partial charge on any atom is 0.332 e. The maximum atomic E-state index is 11.3. The molecule has 1 atom stereocenters. The summed E-state index contributed by atoms with van der Waals surface area (Å²) in [7, 11) is 0. The highest BCUT2D eigenvalue weighted by Gasteiger charge is 2.23. The fraction of sp³-hybridized carbons (Fsp3) is 0.250. The summed E-state index contributed by atoms with van der Waals surface area (Å²) in [5.74, 6) is -1.05. The highest BCUT2D eigenvalue weighted by atomic mass is 79.9. The molecule has 0 aliphatic heterocycles. The molecule has 0 aliphatic carbocycles. The van der Waals surface area contributed by atoms with Gasteiger partial charge in [0, 0.05) is 10.2 Å². The number of aromatic nitrogens is 3. The fourth-order valence-electron chi connectivity index (χ4n) is 1.63. The topological polar surface area (TPSA) is 100 Å². The first-order valence-corrected chi connectivity index (χ1v) is 6.65. The lowest BCUT2D eigenvalue weighted by Gasteiger charge is -2.13. The summed E-state index contributed by atoms with van der Waals surface area (Å²) in [6, 6.07) is 6.15. The zero-order valence-electron chi connectivity index (χ0n) is 10.4. The summed E-state index contributed by atoms with van der Waals surface area (Å²) in [4.78, 5) is 11.3. The van der Waals surface area contributed by atoms with Gasteiger partial charge in [0.2, 0.25) is 0 Å². The lowest BCUT2D eigenvalue weighted by molar-refractivity contribution is -0.138. The van der Waals surface area contributed by atoms with Crippen LogP contribution in [-0.4, -0.2) is 37.8 Å². The second-order valence-corrected chi connectivity index (χ2v) is 4.97. The van der Waals surface area contributed by atoms with Crippen molar-refractivity contribution in [2.75, 3.05) is 11.9 Å². The molecule has 8 heteroatoms. The van der Waals surface area contributed by atoms with Crippen molar-refractivity contribution in [3.63, 3.8) is 0 Å². The van der Waals surface area contributed by atoms with Gasteiger partial charge >= 0.3 is 5.97 Å². The highest BCUT2D eigenvalue weighted by molar-refractivity contribution is 9.10. The third-order valence-corrected chi connectivity index (χ3v) is 3.11. The number of halogens is 1. The quantitative estimate of drug-likeness (QED) is 0.732. The maximum absolute atomic E-state index is 11.3. The molecule has 0 bridgehead atoms. The summed E-state index contributed by atoms with van der Waals surface area (Å²) >= 11 is 3.31. The van der Waals surface area contributed by atoms with Crippen molar-refractivity contribution in [1.82, 2.24) is 15.0 Å². The van der Waals surface area contributed by atoms with Crippen molar-refractivity contribution in [2.45, 2.75) is 12.6 Å². The zero-order chi connectivity index (χ0) is 14.5. The lowest BCUT2D eigenvalue weighted by Crippen LogP contribution is -2.21. The number of anilines is 1. The van der Waals surface area contributed by atoms with E-state index >= 15 is 0 Å². The number of nitrogens with one attached hydrogen (secondary N) is 1. The van der Waals surface area contributed by atoms with Crippen molar-refractivity contribution < 1.29 is 15.0 Å². The first-order chi connectivity index (χ1) is 9.60. The Morgan fingerprint density at radius 3 is 2.70 bits per heavy atom. The van der Waals surface area contributed by atoms with Gasteiger partial charge in [-0.2, -0.15) is 0 Å². The van der Waals surface area contributed by atoms with Gasteiger partial charge < -0.3 is 15.5 Å². The molecule has 1 unspecified atom stereocenters. The van der Waals surface area contributed by atoms with Crippen LogP contribution in [0.25, 0.3) is 0 Å². The fourth-order valence-corrected chi connectivity index (χ4v) is 1.90. The number of aliphatic hydroxyl groups is 1. The molecule has 0 amide bonds. The van der Waals surface area contributed by atoms with Crippen molar-refractivity contribution in [3.8, 4) is 0 Å². The lowest BCUT2D eigenvalue weighted by atomic mass is 10.2. The molecule has 2 aromatic rings. The standard InChI is InChI=1S/C12H13BrN4O3/c13-8-1-3-9(4-2-8)14-11(12(19)20)10-7-17(5-6-18)16-15-10/h1-4,7,11,14,18H,5-6H2,(H,19,20). The average Bonchev–Trinajstić information content (AvgIpc) is 2.86. The van der Waals surface area contributed by atoms with Crippen LogP contribution in [0, 0.1) is 0 Å². The number of hydrogen-bond acceptors (Lipinski definition) is 5. The molecular weight excluding hydrogens is 328 g/mol. The first-order valence-electron chi connectivity index (χ1n) is 5.86. The minimum absolute atomic E-state index is 0.0827. The third kappa shape index (κ3) is 3.55. The van der Waals surface area contributed by atoms with Crippen LogP contribution in [0.1, 0.15) is 11.7 Å². The number of rotatable bonds is 6. The van der Waals surface area contributed by atoms with E-state index in [1.54, 1.807) is 12.1 Å². The zero-order valence-corrected chi connectivity index (χ0v) is 12.0. The summed E-state index contributed by atoms with van der Waals surface area (Å²) in [5.41, 5.74) is 0.950. The predicted octanol–water partition coefficient (Wildman–Crippen LogP) is 1.27. The van der Waals surface area contributed by atoms with Gasteiger partial charge in [0.1, 0.15) is 5.69 Å². The molecule has 1 aromatic heterocycles. The summed E-state index contributed by atoms with van der Waals surface area (Å²) in [6.45, 7) is 0.193. The molecule has 3 N–H and O–H groups in total.